The Bertz CT molecular complexity index is 804. The highest BCUT2D eigenvalue weighted by molar-refractivity contribution is 5.92. The molecule has 2 fully saturated rings. The van der Waals surface area contributed by atoms with E-state index in [2.05, 4.69) is 50.4 Å². The van der Waals surface area contributed by atoms with Crippen molar-refractivity contribution in [1.29, 1.82) is 0 Å². The fourth-order valence-electron chi connectivity index (χ4n) is 4.43. The van der Waals surface area contributed by atoms with Crippen LogP contribution in [0.3, 0.4) is 0 Å². The predicted octanol–water partition coefficient (Wildman–Crippen LogP) is 4.60. The number of fused-ring (bicyclic) bond motifs is 2. The number of amides is 1. The van der Waals surface area contributed by atoms with Gasteiger partial charge >= 0.3 is 0 Å². The van der Waals surface area contributed by atoms with Gasteiger partial charge in [0.2, 0.25) is 0 Å². The first-order valence-electron chi connectivity index (χ1n) is 10.1. The number of nitrogens with zero attached hydrogens (tertiary/aromatic N) is 1. The zero-order valence-electron chi connectivity index (χ0n) is 16.8. The van der Waals surface area contributed by atoms with Crippen LogP contribution in [0.2, 0.25) is 0 Å². The van der Waals surface area contributed by atoms with Crippen LogP contribution in [0.1, 0.15) is 62.6 Å². The molecule has 2 aliphatic heterocycles. The van der Waals surface area contributed by atoms with Gasteiger partial charge in [-0.25, -0.2) is 0 Å². The van der Waals surface area contributed by atoms with Gasteiger partial charge in [0.15, 0.2) is 5.76 Å². The molecule has 4 nitrogen and oxygen atoms in total. The Morgan fingerprint density at radius 3 is 2.26 bits per heavy atom. The van der Waals surface area contributed by atoms with Gasteiger partial charge in [-0.1, -0.05) is 45.0 Å². The minimum Gasteiger partial charge on any atom is -0.451 e. The van der Waals surface area contributed by atoms with Crippen molar-refractivity contribution in [3.8, 4) is 11.3 Å². The molecule has 1 aromatic heterocycles. The molecule has 2 aliphatic rings. The number of rotatable bonds is 3. The van der Waals surface area contributed by atoms with Crippen LogP contribution in [-0.2, 0) is 5.41 Å². The summed E-state index contributed by atoms with van der Waals surface area (Å²) < 4.78 is 5.93. The summed E-state index contributed by atoms with van der Waals surface area (Å²) in [6.45, 7) is 6.61. The maximum atomic E-state index is 12.9. The Balaban J connectivity index is 1.47. The summed E-state index contributed by atoms with van der Waals surface area (Å²) in [7, 11) is 1.91. The van der Waals surface area contributed by atoms with Crippen LogP contribution in [0.15, 0.2) is 40.8 Å². The molecule has 0 aliphatic carbocycles. The molecule has 2 atom stereocenters. The van der Waals surface area contributed by atoms with E-state index in [0.29, 0.717) is 23.9 Å². The fraction of sp³-hybridized carbons (Fsp3) is 0.522. The lowest BCUT2D eigenvalue weighted by atomic mass is 9.86. The van der Waals surface area contributed by atoms with E-state index in [4.69, 9.17) is 4.42 Å². The summed E-state index contributed by atoms with van der Waals surface area (Å²) in [6, 6.07) is 13.6. The lowest BCUT2D eigenvalue weighted by Crippen LogP contribution is -2.48. The molecular formula is C23H30N2O2. The van der Waals surface area contributed by atoms with Gasteiger partial charge in [0.25, 0.3) is 5.91 Å². The lowest BCUT2D eigenvalue weighted by molar-refractivity contribution is 0.0650. The van der Waals surface area contributed by atoms with E-state index in [1.807, 2.05) is 24.1 Å². The van der Waals surface area contributed by atoms with Gasteiger partial charge in [0.05, 0.1) is 0 Å². The van der Waals surface area contributed by atoms with Gasteiger partial charge in [-0.2, -0.15) is 0 Å². The van der Waals surface area contributed by atoms with Crippen molar-refractivity contribution in [2.24, 2.45) is 0 Å². The molecule has 2 saturated heterocycles. The molecule has 0 spiro atoms. The maximum absolute atomic E-state index is 12.9. The molecule has 4 rings (SSSR count). The minimum atomic E-state index is -0.0149. The summed E-state index contributed by atoms with van der Waals surface area (Å²) in [5, 5.41) is 3.63. The molecule has 0 radical (unpaired) electrons. The van der Waals surface area contributed by atoms with Crippen molar-refractivity contribution in [2.75, 3.05) is 7.05 Å². The molecule has 1 amide bonds. The first kappa shape index (κ1) is 18.3. The molecule has 4 heteroatoms. The first-order valence-corrected chi connectivity index (χ1v) is 10.1. The molecule has 144 valence electrons. The topological polar surface area (TPSA) is 45.5 Å². The Kier molecular flexibility index (Phi) is 4.63. The molecule has 1 aromatic carbocycles. The van der Waals surface area contributed by atoms with Gasteiger partial charge in [-0.15, -0.1) is 0 Å². The number of carbonyl (C=O) groups is 1. The van der Waals surface area contributed by atoms with Crippen molar-refractivity contribution < 1.29 is 9.21 Å². The third-order valence-electron chi connectivity index (χ3n) is 6.17. The summed E-state index contributed by atoms with van der Waals surface area (Å²) in [5.41, 5.74) is 2.42. The Morgan fingerprint density at radius 1 is 1.04 bits per heavy atom. The van der Waals surface area contributed by atoms with Crippen molar-refractivity contribution in [2.45, 2.75) is 70.0 Å². The largest absolute Gasteiger partial charge is 0.451 e. The Labute approximate surface area is 161 Å². The number of piperidine rings is 1. The second-order valence-corrected chi connectivity index (χ2v) is 9.17. The summed E-state index contributed by atoms with van der Waals surface area (Å²) in [4.78, 5) is 14.8. The number of hydrogen-bond donors (Lipinski definition) is 1. The third-order valence-corrected chi connectivity index (χ3v) is 6.17. The Hall–Kier alpha value is -2.07. The van der Waals surface area contributed by atoms with Gasteiger partial charge in [-0.3, -0.25) is 4.79 Å². The standard InChI is InChI=1S/C23H30N2O2/c1-23(2,3)16-7-5-15(6-8-16)20-11-12-21(27-20)22(26)25(4)19-13-17-9-10-18(14-19)24-17/h5-8,11-12,17-19,24H,9-10,13-14H2,1-4H3. The van der Waals surface area contributed by atoms with E-state index in [0.717, 1.165) is 24.2 Å². The summed E-state index contributed by atoms with van der Waals surface area (Å²) in [6.07, 6.45) is 4.55. The SMILES string of the molecule is CN(C(=O)c1ccc(-c2ccc(C(C)(C)C)cc2)o1)C1CC2CCC(C1)N2. The van der Waals surface area contributed by atoms with Crippen molar-refractivity contribution >= 4 is 5.91 Å². The van der Waals surface area contributed by atoms with E-state index >= 15 is 0 Å². The minimum absolute atomic E-state index is 0.0149. The van der Waals surface area contributed by atoms with E-state index in [1.165, 1.54) is 18.4 Å². The van der Waals surface area contributed by atoms with Crippen LogP contribution in [0, 0.1) is 0 Å². The normalized spacial score (nSPS) is 24.8. The van der Waals surface area contributed by atoms with E-state index < -0.39 is 0 Å². The van der Waals surface area contributed by atoms with Crippen LogP contribution in [0.5, 0.6) is 0 Å². The molecule has 2 aromatic rings. The first-order chi connectivity index (χ1) is 12.8. The van der Waals surface area contributed by atoms with Crippen LogP contribution in [-0.4, -0.2) is 36.0 Å². The fourth-order valence-corrected chi connectivity index (χ4v) is 4.43. The highest BCUT2D eigenvalue weighted by Crippen LogP contribution is 2.31. The molecule has 0 saturated carbocycles. The molecule has 27 heavy (non-hydrogen) atoms. The van der Waals surface area contributed by atoms with Crippen LogP contribution in [0.25, 0.3) is 11.3 Å². The Morgan fingerprint density at radius 2 is 1.67 bits per heavy atom. The maximum Gasteiger partial charge on any atom is 0.289 e. The van der Waals surface area contributed by atoms with Crippen molar-refractivity contribution in [3.63, 3.8) is 0 Å². The lowest BCUT2D eigenvalue weighted by Gasteiger charge is -2.35. The number of furan rings is 1. The summed E-state index contributed by atoms with van der Waals surface area (Å²) in [5.74, 6) is 1.16. The van der Waals surface area contributed by atoms with Crippen molar-refractivity contribution in [3.05, 3.63) is 47.7 Å². The number of nitrogens with one attached hydrogen (secondary N) is 1. The van der Waals surface area contributed by atoms with E-state index in [-0.39, 0.29) is 11.3 Å². The van der Waals surface area contributed by atoms with Crippen LogP contribution >= 0.6 is 0 Å². The van der Waals surface area contributed by atoms with Crippen molar-refractivity contribution in [1.82, 2.24) is 10.2 Å². The quantitative estimate of drug-likeness (QED) is 0.863. The molecule has 1 N–H and O–H groups in total. The number of benzene rings is 1. The van der Waals surface area contributed by atoms with E-state index in [1.54, 1.807) is 0 Å². The number of hydrogen-bond acceptors (Lipinski definition) is 3. The third kappa shape index (κ3) is 3.68. The average Bonchev–Trinajstić information content (AvgIpc) is 3.26. The van der Waals surface area contributed by atoms with E-state index in [9.17, 15) is 4.79 Å². The second kappa shape index (κ2) is 6.83. The zero-order chi connectivity index (χ0) is 19.2. The molecule has 2 unspecified atom stereocenters. The van der Waals surface area contributed by atoms with Gasteiger partial charge in [0.1, 0.15) is 5.76 Å². The highest BCUT2D eigenvalue weighted by atomic mass is 16.4. The second-order valence-electron chi connectivity index (χ2n) is 9.17. The van der Waals surface area contributed by atoms with Crippen LogP contribution in [0.4, 0.5) is 0 Å². The average molecular weight is 367 g/mol. The zero-order valence-corrected chi connectivity index (χ0v) is 16.8. The van der Waals surface area contributed by atoms with Gasteiger partial charge < -0.3 is 14.6 Å². The molecule has 2 bridgehead atoms. The number of carbonyl (C=O) groups excluding carboxylic acids is 1. The predicted molar refractivity (Wildman–Crippen MR) is 108 cm³/mol. The monoisotopic (exact) mass is 366 g/mol. The summed E-state index contributed by atoms with van der Waals surface area (Å²) >= 11 is 0. The smallest absolute Gasteiger partial charge is 0.289 e. The van der Waals surface area contributed by atoms with Gasteiger partial charge in [0, 0.05) is 30.7 Å². The van der Waals surface area contributed by atoms with Crippen LogP contribution < -0.4 is 5.32 Å². The van der Waals surface area contributed by atoms with Gasteiger partial charge in [-0.05, 0) is 48.8 Å². The molecule has 3 heterocycles. The molecular weight excluding hydrogens is 336 g/mol. The highest BCUT2D eigenvalue weighted by Gasteiger charge is 2.37.